The molecule has 0 aliphatic carbocycles. The number of benzene rings is 1. The second-order valence-corrected chi connectivity index (χ2v) is 5.00. The van der Waals surface area contributed by atoms with Gasteiger partial charge in [-0.3, -0.25) is 0 Å². The average molecular weight is 264 g/mol. The molecule has 0 radical (unpaired) electrons. The summed E-state index contributed by atoms with van der Waals surface area (Å²) in [4.78, 5) is 2.41. The molecule has 3 heteroatoms. The molecule has 1 N–H and O–H groups in total. The Morgan fingerprint density at radius 1 is 1.32 bits per heavy atom. The second-order valence-electron chi connectivity index (χ2n) is 5.00. The number of nitrogens with zero attached hydrogens (tertiary/aromatic N) is 1. The summed E-state index contributed by atoms with van der Waals surface area (Å²) >= 11 is 0. The quantitative estimate of drug-likeness (QED) is 0.781. The zero-order valence-electron chi connectivity index (χ0n) is 13.0. The lowest BCUT2D eigenvalue weighted by Gasteiger charge is -2.32. The van der Waals surface area contributed by atoms with Crippen LogP contribution in [0.5, 0.6) is 0 Å². The standard InChI is InChI=1S/C16H28N2O/c1-6-17-11-15-10-13(3)8-9-16(15)18(7-2)14(4)12-19-5/h8-10,14,17H,6-7,11-12H2,1-5H3. The zero-order valence-corrected chi connectivity index (χ0v) is 13.0. The van der Waals surface area contributed by atoms with Gasteiger partial charge in [0.05, 0.1) is 6.61 Å². The minimum atomic E-state index is 0.387. The van der Waals surface area contributed by atoms with Gasteiger partial charge in [0.25, 0.3) is 0 Å². The molecule has 3 nitrogen and oxygen atoms in total. The number of anilines is 1. The molecule has 108 valence electrons. The number of hydrogen-bond donors (Lipinski definition) is 1. The Balaban J connectivity index is 3.00. The average Bonchev–Trinajstić information content (AvgIpc) is 2.39. The van der Waals surface area contributed by atoms with Gasteiger partial charge in [-0.25, -0.2) is 0 Å². The summed E-state index contributed by atoms with van der Waals surface area (Å²) in [5.41, 5.74) is 4.00. The highest BCUT2D eigenvalue weighted by Crippen LogP contribution is 2.24. The van der Waals surface area contributed by atoms with Crippen molar-refractivity contribution in [2.75, 3.05) is 31.7 Å². The summed E-state index contributed by atoms with van der Waals surface area (Å²) in [5, 5.41) is 3.42. The number of methoxy groups -OCH3 is 1. The molecule has 1 rings (SSSR count). The smallest absolute Gasteiger partial charge is 0.0663 e. The molecule has 1 aromatic rings. The summed E-state index contributed by atoms with van der Waals surface area (Å²) in [6.07, 6.45) is 0. The highest BCUT2D eigenvalue weighted by Gasteiger charge is 2.15. The van der Waals surface area contributed by atoms with Crippen molar-refractivity contribution >= 4 is 5.69 Å². The van der Waals surface area contributed by atoms with Crippen LogP contribution in [-0.4, -0.2) is 32.8 Å². The van der Waals surface area contributed by atoms with Gasteiger partial charge in [0, 0.05) is 31.9 Å². The Labute approximate surface area is 118 Å². The molecule has 0 fully saturated rings. The molecule has 0 spiro atoms. The van der Waals surface area contributed by atoms with E-state index in [1.807, 2.05) is 0 Å². The molecule has 1 unspecified atom stereocenters. The van der Waals surface area contributed by atoms with E-state index in [2.05, 4.69) is 56.1 Å². The lowest BCUT2D eigenvalue weighted by Crippen LogP contribution is -2.37. The molecule has 1 atom stereocenters. The first kappa shape index (κ1) is 16.0. The summed E-state index contributed by atoms with van der Waals surface area (Å²) < 4.78 is 5.30. The van der Waals surface area contributed by atoms with Crippen LogP contribution in [0.25, 0.3) is 0 Å². The molecule has 0 saturated heterocycles. The van der Waals surface area contributed by atoms with Crippen LogP contribution in [-0.2, 0) is 11.3 Å². The maximum Gasteiger partial charge on any atom is 0.0663 e. The van der Waals surface area contributed by atoms with E-state index >= 15 is 0 Å². The molecule has 0 aromatic heterocycles. The molecule has 0 heterocycles. The predicted molar refractivity (Wildman–Crippen MR) is 82.9 cm³/mol. The summed E-state index contributed by atoms with van der Waals surface area (Å²) in [5.74, 6) is 0. The van der Waals surface area contributed by atoms with Crippen molar-refractivity contribution in [1.82, 2.24) is 5.32 Å². The molecule has 0 aliphatic heterocycles. The summed E-state index contributed by atoms with van der Waals surface area (Å²) in [6, 6.07) is 7.09. The molecular formula is C16H28N2O. The van der Waals surface area contributed by atoms with Crippen molar-refractivity contribution < 1.29 is 4.74 Å². The first-order valence-electron chi connectivity index (χ1n) is 7.19. The van der Waals surface area contributed by atoms with Crippen LogP contribution in [0.15, 0.2) is 18.2 Å². The minimum Gasteiger partial charge on any atom is -0.383 e. The minimum absolute atomic E-state index is 0.387. The Hall–Kier alpha value is -1.06. The van der Waals surface area contributed by atoms with Crippen molar-refractivity contribution in [3.8, 4) is 0 Å². The van der Waals surface area contributed by atoms with E-state index in [4.69, 9.17) is 4.74 Å². The van der Waals surface area contributed by atoms with Gasteiger partial charge in [0.2, 0.25) is 0 Å². The molecule has 1 aromatic carbocycles. The monoisotopic (exact) mass is 264 g/mol. The van der Waals surface area contributed by atoms with Crippen LogP contribution >= 0.6 is 0 Å². The van der Waals surface area contributed by atoms with Crippen molar-refractivity contribution in [3.05, 3.63) is 29.3 Å². The van der Waals surface area contributed by atoms with Gasteiger partial charge >= 0.3 is 0 Å². The van der Waals surface area contributed by atoms with E-state index in [1.54, 1.807) is 7.11 Å². The van der Waals surface area contributed by atoms with Gasteiger partial charge in [-0.1, -0.05) is 24.6 Å². The lowest BCUT2D eigenvalue weighted by atomic mass is 10.1. The number of likely N-dealkylation sites (N-methyl/N-ethyl adjacent to an activating group) is 1. The normalized spacial score (nSPS) is 12.5. The largest absolute Gasteiger partial charge is 0.383 e. The maximum absolute atomic E-state index is 5.30. The van der Waals surface area contributed by atoms with E-state index in [0.717, 1.165) is 26.2 Å². The predicted octanol–water partition coefficient (Wildman–Crippen LogP) is 2.97. The Bertz CT molecular complexity index is 379. The van der Waals surface area contributed by atoms with Gasteiger partial charge in [0.15, 0.2) is 0 Å². The van der Waals surface area contributed by atoms with Gasteiger partial charge in [0.1, 0.15) is 0 Å². The third-order valence-corrected chi connectivity index (χ3v) is 3.39. The third-order valence-electron chi connectivity index (χ3n) is 3.39. The van der Waals surface area contributed by atoms with Gasteiger partial charge in [-0.05, 0) is 38.9 Å². The third kappa shape index (κ3) is 4.51. The second kappa shape index (κ2) is 8.18. The fourth-order valence-electron chi connectivity index (χ4n) is 2.45. The Kier molecular flexibility index (Phi) is 6.89. The SMILES string of the molecule is CCNCc1cc(C)ccc1N(CC)C(C)COC. The van der Waals surface area contributed by atoms with E-state index in [-0.39, 0.29) is 0 Å². The molecular weight excluding hydrogens is 236 g/mol. The number of hydrogen-bond acceptors (Lipinski definition) is 3. The van der Waals surface area contributed by atoms with E-state index in [9.17, 15) is 0 Å². The van der Waals surface area contributed by atoms with E-state index in [0.29, 0.717) is 6.04 Å². The molecule has 0 saturated carbocycles. The number of aryl methyl sites for hydroxylation is 1. The highest BCUT2D eigenvalue weighted by atomic mass is 16.5. The molecule has 0 aliphatic rings. The van der Waals surface area contributed by atoms with Crippen LogP contribution in [0.3, 0.4) is 0 Å². The number of nitrogens with one attached hydrogen (secondary N) is 1. The number of rotatable bonds is 8. The molecule has 19 heavy (non-hydrogen) atoms. The molecule has 0 bridgehead atoms. The lowest BCUT2D eigenvalue weighted by molar-refractivity contribution is 0.182. The van der Waals surface area contributed by atoms with E-state index in [1.165, 1.54) is 16.8 Å². The Morgan fingerprint density at radius 3 is 2.63 bits per heavy atom. The first-order valence-corrected chi connectivity index (χ1v) is 7.19. The van der Waals surface area contributed by atoms with Crippen molar-refractivity contribution in [2.45, 2.75) is 40.3 Å². The van der Waals surface area contributed by atoms with Crippen molar-refractivity contribution in [1.29, 1.82) is 0 Å². The fraction of sp³-hybridized carbons (Fsp3) is 0.625. The van der Waals surface area contributed by atoms with Crippen LogP contribution in [0.1, 0.15) is 31.9 Å². The maximum atomic E-state index is 5.30. The van der Waals surface area contributed by atoms with Crippen LogP contribution in [0.2, 0.25) is 0 Å². The first-order chi connectivity index (χ1) is 9.13. The zero-order chi connectivity index (χ0) is 14.3. The van der Waals surface area contributed by atoms with Crippen molar-refractivity contribution in [3.63, 3.8) is 0 Å². The molecule has 0 amide bonds. The van der Waals surface area contributed by atoms with Gasteiger partial charge in [-0.2, -0.15) is 0 Å². The van der Waals surface area contributed by atoms with Gasteiger partial charge < -0.3 is 15.0 Å². The van der Waals surface area contributed by atoms with Crippen LogP contribution in [0.4, 0.5) is 5.69 Å². The van der Waals surface area contributed by atoms with Crippen molar-refractivity contribution in [2.24, 2.45) is 0 Å². The fourth-order valence-corrected chi connectivity index (χ4v) is 2.45. The van der Waals surface area contributed by atoms with Gasteiger partial charge in [-0.15, -0.1) is 0 Å². The van der Waals surface area contributed by atoms with Crippen LogP contribution < -0.4 is 10.2 Å². The topological polar surface area (TPSA) is 24.5 Å². The number of ether oxygens (including phenoxy) is 1. The van der Waals surface area contributed by atoms with E-state index < -0.39 is 0 Å². The summed E-state index contributed by atoms with van der Waals surface area (Å²) in [6.45, 7) is 12.4. The Morgan fingerprint density at radius 2 is 2.05 bits per heavy atom. The van der Waals surface area contributed by atoms with Crippen LogP contribution in [0, 0.1) is 6.92 Å². The summed E-state index contributed by atoms with van der Waals surface area (Å²) in [7, 11) is 1.76. The highest BCUT2D eigenvalue weighted by molar-refractivity contribution is 5.55.